The Morgan fingerprint density at radius 1 is 1.04 bits per heavy atom. The van der Waals surface area contributed by atoms with Crippen molar-refractivity contribution < 1.29 is 4.79 Å². The number of rotatable bonds is 6. The molecule has 2 atom stereocenters. The first-order valence-electron chi connectivity index (χ1n) is 8.53. The van der Waals surface area contributed by atoms with E-state index < -0.39 is 0 Å². The van der Waals surface area contributed by atoms with Gasteiger partial charge >= 0.3 is 0 Å². The molecule has 1 fully saturated rings. The summed E-state index contributed by atoms with van der Waals surface area (Å²) < 4.78 is 0. The number of carbonyl (C=O) groups is 1. The lowest BCUT2D eigenvalue weighted by atomic mass is 10.1. The summed E-state index contributed by atoms with van der Waals surface area (Å²) in [5, 5.41) is 4.15. The second kappa shape index (κ2) is 8.25. The molecule has 1 aliphatic carbocycles. The first-order valence-corrected chi connectivity index (χ1v) is 8.53. The second-order valence-electron chi connectivity index (χ2n) is 6.22. The van der Waals surface area contributed by atoms with Crippen LogP contribution in [0, 0.1) is 5.92 Å². The van der Waals surface area contributed by atoms with Gasteiger partial charge in [-0.25, -0.2) is 5.43 Å². The van der Waals surface area contributed by atoms with Crippen molar-refractivity contribution in [3.05, 3.63) is 90.0 Å². The molecule has 0 aliphatic heterocycles. The molecule has 1 N–H and O–H groups in total. The second-order valence-corrected chi connectivity index (χ2v) is 6.22. The Hall–Kier alpha value is -2.94. The maximum Gasteiger partial charge on any atom is 0.243 e. The molecule has 1 saturated carbocycles. The molecule has 3 rings (SSSR count). The summed E-state index contributed by atoms with van der Waals surface area (Å²) in [6, 6.07) is 20.3. The van der Waals surface area contributed by atoms with Gasteiger partial charge in [-0.15, -0.1) is 0 Å². The van der Waals surface area contributed by atoms with Crippen LogP contribution < -0.4 is 5.43 Å². The first-order chi connectivity index (χ1) is 12.2. The zero-order valence-corrected chi connectivity index (χ0v) is 14.3. The molecule has 25 heavy (non-hydrogen) atoms. The number of amides is 1. The van der Waals surface area contributed by atoms with Crippen LogP contribution in [0.5, 0.6) is 0 Å². The molecule has 0 aromatic heterocycles. The van der Waals surface area contributed by atoms with Crippen LogP contribution in [0.2, 0.25) is 0 Å². The molecule has 1 amide bonds. The van der Waals surface area contributed by atoms with Crippen LogP contribution in [0.15, 0.2) is 84.0 Å². The Balaban J connectivity index is 1.46. The average Bonchev–Trinajstić information content (AvgIpc) is 3.46. The highest BCUT2D eigenvalue weighted by atomic mass is 16.2. The number of carbonyl (C=O) groups excluding carboxylic acids is 1. The quantitative estimate of drug-likeness (QED) is 0.471. The monoisotopic (exact) mass is 330 g/mol. The summed E-state index contributed by atoms with van der Waals surface area (Å²) in [4.78, 5) is 12.2. The van der Waals surface area contributed by atoms with Crippen molar-refractivity contribution >= 4 is 17.7 Å². The van der Waals surface area contributed by atoms with Gasteiger partial charge in [-0.1, -0.05) is 78.9 Å². The predicted octanol–water partition coefficient (Wildman–Crippen LogP) is 4.55. The predicted molar refractivity (Wildman–Crippen MR) is 103 cm³/mol. The highest BCUT2D eigenvalue weighted by molar-refractivity contribution is 5.94. The molecule has 0 radical (unpaired) electrons. The molecule has 2 aromatic carbocycles. The van der Waals surface area contributed by atoms with Gasteiger partial charge < -0.3 is 0 Å². The molecule has 1 aliphatic rings. The molecule has 126 valence electrons. The number of nitrogens with one attached hydrogen (secondary N) is 1. The fraction of sp³-hybridized carbons (Fsp3) is 0.182. The third-order valence-electron chi connectivity index (χ3n) is 4.23. The summed E-state index contributed by atoms with van der Waals surface area (Å²) in [7, 11) is 0. The van der Waals surface area contributed by atoms with Crippen LogP contribution in [-0.4, -0.2) is 11.6 Å². The molecule has 0 bridgehead atoms. The van der Waals surface area contributed by atoms with Gasteiger partial charge in [0, 0.05) is 5.92 Å². The van der Waals surface area contributed by atoms with Gasteiger partial charge in [0.1, 0.15) is 0 Å². The Morgan fingerprint density at radius 2 is 1.72 bits per heavy atom. The summed E-state index contributed by atoms with van der Waals surface area (Å²) in [6.07, 6.45) is 8.68. The van der Waals surface area contributed by atoms with Crippen molar-refractivity contribution in [1.29, 1.82) is 0 Å². The van der Waals surface area contributed by atoms with Gasteiger partial charge in [-0.05, 0) is 36.5 Å². The van der Waals surface area contributed by atoms with Crippen LogP contribution >= 0.6 is 0 Å². The fourth-order valence-electron chi connectivity index (χ4n) is 2.74. The lowest BCUT2D eigenvalue weighted by Crippen LogP contribution is -2.21. The Morgan fingerprint density at radius 3 is 2.44 bits per heavy atom. The summed E-state index contributed by atoms with van der Waals surface area (Å²) >= 11 is 0. The minimum atomic E-state index is 0.00132. The molecule has 0 saturated heterocycles. The smallest absolute Gasteiger partial charge is 0.243 e. The molecule has 3 nitrogen and oxygen atoms in total. The van der Waals surface area contributed by atoms with Gasteiger partial charge in [-0.3, -0.25) is 4.79 Å². The van der Waals surface area contributed by atoms with Crippen LogP contribution in [0.3, 0.4) is 0 Å². The van der Waals surface area contributed by atoms with E-state index in [2.05, 4.69) is 22.7 Å². The van der Waals surface area contributed by atoms with E-state index in [1.54, 1.807) is 0 Å². The van der Waals surface area contributed by atoms with E-state index in [-0.39, 0.29) is 11.8 Å². The van der Waals surface area contributed by atoms with E-state index in [0.29, 0.717) is 5.92 Å². The molecule has 0 spiro atoms. The van der Waals surface area contributed by atoms with E-state index in [0.717, 1.165) is 17.7 Å². The van der Waals surface area contributed by atoms with Crippen molar-refractivity contribution in [3.63, 3.8) is 0 Å². The molecular formula is C22H22N2O. The SMILES string of the molecule is CC(/C=C/C=C/c1ccccc1)=NNC(=O)[C@@H]1C[C@@H]1c1ccccc1. The summed E-state index contributed by atoms with van der Waals surface area (Å²) in [5.74, 6) is 0.378. The van der Waals surface area contributed by atoms with Gasteiger partial charge in [0.2, 0.25) is 5.91 Å². The molecule has 2 aromatic rings. The third kappa shape index (κ3) is 5.01. The fourth-order valence-corrected chi connectivity index (χ4v) is 2.74. The van der Waals surface area contributed by atoms with Gasteiger partial charge in [-0.2, -0.15) is 5.10 Å². The molecule has 3 heteroatoms. The van der Waals surface area contributed by atoms with Crippen LogP contribution in [0.1, 0.15) is 30.4 Å². The minimum Gasteiger partial charge on any atom is -0.273 e. The number of allylic oxidation sites excluding steroid dienone is 3. The van der Waals surface area contributed by atoms with Gasteiger partial charge in [0.15, 0.2) is 0 Å². The van der Waals surface area contributed by atoms with Crippen molar-refractivity contribution in [2.75, 3.05) is 0 Å². The standard InChI is InChI=1S/C22H22N2O/c1-17(10-8-9-13-18-11-4-2-5-12-18)23-24-22(25)21-16-20(21)19-14-6-3-7-15-19/h2-15,20-21H,16H2,1H3,(H,24,25)/b10-8+,13-9+,23-17?/t20-,21-/m1/s1. The normalized spacial score (nSPS) is 20.1. The number of hydrogen-bond acceptors (Lipinski definition) is 2. The number of hydrogen-bond donors (Lipinski definition) is 1. The Labute approximate surface area is 148 Å². The highest BCUT2D eigenvalue weighted by Crippen LogP contribution is 2.47. The van der Waals surface area contributed by atoms with Crippen molar-refractivity contribution in [2.45, 2.75) is 19.3 Å². The summed E-state index contributed by atoms with van der Waals surface area (Å²) in [6.45, 7) is 1.87. The molecular weight excluding hydrogens is 308 g/mol. The van der Waals surface area contributed by atoms with Crippen molar-refractivity contribution in [2.24, 2.45) is 11.0 Å². The average molecular weight is 330 g/mol. The number of hydrazone groups is 1. The summed E-state index contributed by atoms with van der Waals surface area (Å²) in [5.41, 5.74) is 5.82. The number of nitrogens with zero attached hydrogens (tertiary/aromatic N) is 1. The zero-order valence-electron chi connectivity index (χ0n) is 14.3. The van der Waals surface area contributed by atoms with Crippen molar-refractivity contribution in [3.8, 4) is 0 Å². The maximum absolute atomic E-state index is 12.2. The van der Waals surface area contributed by atoms with E-state index in [1.165, 1.54) is 5.56 Å². The highest BCUT2D eigenvalue weighted by Gasteiger charge is 2.43. The van der Waals surface area contributed by atoms with Gasteiger partial charge in [0.25, 0.3) is 0 Å². The Kier molecular flexibility index (Phi) is 5.57. The largest absolute Gasteiger partial charge is 0.273 e. The maximum atomic E-state index is 12.2. The molecule has 0 unspecified atom stereocenters. The topological polar surface area (TPSA) is 41.5 Å². The first kappa shape index (κ1) is 16.9. The third-order valence-corrected chi connectivity index (χ3v) is 4.23. The number of benzene rings is 2. The van der Waals surface area contributed by atoms with E-state index in [9.17, 15) is 4.79 Å². The lowest BCUT2D eigenvalue weighted by molar-refractivity contribution is -0.122. The zero-order chi connectivity index (χ0) is 17.5. The Bertz CT molecular complexity index is 791. The molecule has 0 heterocycles. The van der Waals surface area contributed by atoms with Crippen LogP contribution in [0.25, 0.3) is 6.08 Å². The van der Waals surface area contributed by atoms with Crippen LogP contribution in [0.4, 0.5) is 0 Å². The minimum absolute atomic E-state index is 0.00132. The lowest BCUT2D eigenvalue weighted by Gasteiger charge is -2.00. The van der Waals surface area contributed by atoms with E-state index in [1.807, 2.05) is 79.8 Å². The van der Waals surface area contributed by atoms with Gasteiger partial charge in [0.05, 0.1) is 5.71 Å². The van der Waals surface area contributed by atoms with E-state index in [4.69, 9.17) is 0 Å². The van der Waals surface area contributed by atoms with Crippen molar-refractivity contribution in [1.82, 2.24) is 5.43 Å². The van der Waals surface area contributed by atoms with Crippen LogP contribution in [-0.2, 0) is 4.79 Å². The van der Waals surface area contributed by atoms with E-state index >= 15 is 0 Å².